The number of hydrogen-bond acceptors (Lipinski definition) is 3. The molecule has 1 atom stereocenters. The molecule has 0 spiro atoms. The van der Waals surface area contributed by atoms with Gasteiger partial charge in [-0.05, 0) is 25.6 Å². The molecule has 0 aromatic carbocycles. The van der Waals surface area contributed by atoms with Gasteiger partial charge in [-0.25, -0.2) is 0 Å². The quantitative estimate of drug-likeness (QED) is 0.654. The number of thioether (sulfide) groups is 1. The van der Waals surface area contributed by atoms with Gasteiger partial charge in [0.25, 0.3) is 0 Å². The molecule has 0 bridgehead atoms. The summed E-state index contributed by atoms with van der Waals surface area (Å²) in [6, 6.07) is 0. The average Bonchev–Trinajstić information content (AvgIpc) is 2.17. The summed E-state index contributed by atoms with van der Waals surface area (Å²) in [6.07, 6.45) is 1.58. The van der Waals surface area contributed by atoms with Crippen LogP contribution < -0.4 is 5.32 Å². The summed E-state index contributed by atoms with van der Waals surface area (Å²) < 4.78 is 5.43. The second kappa shape index (κ2) is 4.99. The highest BCUT2D eigenvalue weighted by atomic mass is 32.2. The fourth-order valence-electron chi connectivity index (χ4n) is 0.995. The van der Waals surface area contributed by atoms with Crippen molar-refractivity contribution >= 4 is 11.8 Å². The number of hydrogen-bond donors (Lipinski definition) is 1. The number of ether oxygens (including phenoxy) is 1. The van der Waals surface area contributed by atoms with Crippen LogP contribution >= 0.6 is 11.8 Å². The third-order valence-corrected chi connectivity index (χ3v) is 2.59. The Bertz CT molecular complexity index is 81.7. The van der Waals surface area contributed by atoms with Gasteiger partial charge in [-0.3, -0.25) is 5.32 Å². The van der Waals surface area contributed by atoms with Crippen molar-refractivity contribution in [3.8, 4) is 0 Å². The van der Waals surface area contributed by atoms with Crippen LogP contribution in [-0.4, -0.2) is 30.9 Å². The van der Waals surface area contributed by atoms with Gasteiger partial charge in [0.15, 0.2) is 0 Å². The van der Waals surface area contributed by atoms with Crippen molar-refractivity contribution in [2.45, 2.75) is 19.6 Å². The van der Waals surface area contributed by atoms with Crippen LogP contribution in [0.2, 0.25) is 0 Å². The molecular formula is C7H15NOS. The van der Waals surface area contributed by atoms with E-state index in [0.29, 0.717) is 6.23 Å². The summed E-state index contributed by atoms with van der Waals surface area (Å²) >= 11 is 1.98. The van der Waals surface area contributed by atoms with Crippen LogP contribution in [0.25, 0.3) is 0 Å². The van der Waals surface area contributed by atoms with Crippen molar-refractivity contribution in [2.75, 3.05) is 24.7 Å². The van der Waals surface area contributed by atoms with Gasteiger partial charge in [-0.15, -0.1) is 0 Å². The van der Waals surface area contributed by atoms with Gasteiger partial charge in [0.1, 0.15) is 6.23 Å². The lowest BCUT2D eigenvalue weighted by Crippen LogP contribution is -2.33. The van der Waals surface area contributed by atoms with Gasteiger partial charge >= 0.3 is 0 Å². The molecule has 1 fully saturated rings. The van der Waals surface area contributed by atoms with Crippen molar-refractivity contribution in [3.05, 3.63) is 0 Å². The van der Waals surface area contributed by atoms with Crippen LogP contribution in [0, 0.1) is 0 Å². The van der Waals surface area contributed by atoms with Crippen molar-refractivity contribution in [1.29, 1.82) is 0 Å². The fraction of sp³-hybridized carbons (Fsp3) is 1.00. The predicted octanol–water partition coefficient (Wildman–Crippen LogP) is 1.08. The third-order valence-electron chi connectivity index (χ3n) is 1.47. The second-order valence-corrected chi connectivity index (χ2v) is 3.48. The molecule has 3 heteroatoms. The lowest BCUT2D eigenvalue weighted by molar-refractivity contribution is 0.0568. The summed E-state index contributed by atoms with van der Waals surface area (Å²) in [5.41, 5.74) is 0. The van der Waals surface area contributed by atoms with E-state index in [0.717, 1.165) is 18.9 Å². The first-order chi connectivity index (χ1) is 4.93. The lowest BCUT2D eigenvalue weighted by atomic mass is 10.5. The molecule has 0 aromatic rings. The Balaban J connectivity index is 2.15. The van der Waals surface area contributed by atoms with E-state index in [1.807, 2.05) is 18.7 Å². The Hall–Kier alpha value is 0.270. The summed E-state index contributed by atoms with van der Waals surface area (Å²) in [4.78, 5) is 0. The van der Waals surface area contributed by atoms with Crippen LogP contribution in [0.5, 0.6) is 0 Å². The molecule has 10 heavy (non-hydrogen) atoms. The first kappa shape index (κ1) is 8.37. The van der Waals surface area contributed by atoms with E-state index in [9.17, 15) is 0 Å². The summed E-state index contributed by atoms with van der Waals surface area (Å²) in [5, 5.41) is 3.34. The first-order valence-electron chi connectivity index (χ1n) is 3.86. The first-order valence-corrected chi connectivity index (χ1v) is 5.01. The second-order valence-electron chi connectivity index (χ2n) is 2.33. The van der Waals surface area contributed by atoms with E-state index in [2.05, 4.69) is 5.32 Å². The average molecular weight is 161 g/mol. The third kappa shape index (κ3) is 2.90. The van der Waals surface area contributed by atoms with E-state index in [1.54, 1.807) is 0 Å². The predicted molar refractivity (Wildman–Crippen MR) is 45.4 cm³/mol. The molecule has 0 aliphatic carbocycles. The minimum absolute atomic E-state index is 0.303. The number of rotatable bonds is 2. The molecular weight excluding hydrogens is 146 g/mol. The largest absolute Gasteiger partial charge is 0.363 e. The molecule has 60 valence electrons. The highest BCUT2D eigenvalue weighted by Gasteiger charge is 2.09. The number of nitrogens with one attached hydrogen (secondary N) is 1. The van der Waals surface area contributed by atoms with Crippen molar-refractivity contribution in [1.82, 2.24) is 5.32 Å². The lowest BCUT2D eigenvalue weighted by Gasteiger charge is -2.14. The van der Waals surface area contributed by atoms with Crippen molar-refractivity contribution in [3.63, 3.8) is 0 Å². The Kier molecular flexibility index (Phi) is 4.18. The summed E-state index contributed by atoms with van der Waals surface area (Å²) in [6.45, 7) is 3.97. The van der Waals surface area contributed by atoms with Gasteiger partial charge in [0.2, 0.25) is 0 Å². The summed E-state index contributed by atoms with van der Waals surface area (Å²) in [5.74, 6) is 2.38. The van der Waals surface area contributed by atoms with Gasteiger partial charge in [-0.2, -0.15) is 11.8 Å². The van der Waals surface area contributed by atoms with E-state index >= 15 is 0 Å². The maximum Gasteiger partial charge on any atom is 0.117 e. The van der Waals surface area contributed by atoms with Crippen LogP contribution in [0.15, 0.2) is 0 Å². The smallest absolute Gasteiger partial charge is 0.117 e. The Morgan fingerprint density at radius 2 is 2.60 bits per heavy atom. The zero-order valence-electron chi connectivity index (χ0n) is 6.43. The highest BCUT2D eigenvalue weighted by Crippen LogP contribution is 2.09. The molecule has 1 aliphatic heterocycles. The Labute approximate surface area is 66.7 Å². The van der Waals surface area contributed by atoms with Crippen LogP contribution in [0.3, 0.4) is 0 Å². The SMILES string of the molecule is CCOC1CSCCCN1. The standard InChI is InChI=1S/C7H15NOS/c1-2-9-7-6-10-5-3-4-8-7/h7-8H,2-6H2,1H3. The normalized spacial score (nSPS) is 27.9. The van der Waals surface area contributed by atoms with E-state index in [1.165, 1.54) is 12.2 Å². The molecule has 0 saturated carbocycles. The minimum atomic E-state index is 0.303. The molecule has 0 radical (unpaired) electrons. The molecule has 1 rings (SSSR count). The van der Waals surface area contributed by atoms with E-state index < -0.39 is 0 Å². The molecule has 2 nitrogen and oxygen atoms in total. The van der Waals surface area contributed by atoms with Gasteiger partial charge in [0.05, 0.1) is 0 Å². The monoisotopic (exact) mass is 161 g/mol. The topological polar surface area (TPSA) is 21.3 Å². The van der Waals surface area contributed by atoms with Crippen molar-refractivity contribution < 1.29 is 4.74 Å². The summed E-state index contributed by atoms with van der Waals surface area (Å²) in [7, 11) is 0. The van der Waals surface area contributed by atoms with Gasteiger partial charge in [0, 0.05) is 12.4 Å². The maximum atomic E-state index is 5.43. The van der Waals surface area contributed by atoms with Crippen LogP contribution in [0.1, 0.15) is 13.3 Å². The van der Waals surface area contributed by atoms with E-state index in [4.69, 9.17) is 4.74 Å². The van der Waals surface area contributed by atoms with Crippen LogP contribution in [-0.2, 0) is 4.74 Å². The Morgan fingerprint density at radius 3 is 3.40 bits per heavy atom. The molecule has 1 unspecified atom stereocenters. The molecule has 0 amide bonds. The molecule has 1 heterocycles. The van der Waals surface area contributed by atoms with Gasteiger partial charge < -0.3 is 4.74 Å². The highest BCUT2D eigenvalue weighted by molar-refractivity contribution is 7.99. The minimum Gasteiger partial charge on any atom is -0.363 e. The van der Waals surface area contributed by atoms with Crippen molar-refractivity contribution in [2.24, 2.45) is 0 Å². The zero-order chi connectivity index (χ0) is 7.23. The molecule has 1 saturated heterocycles. The Morgan fingerprint density at radius 1 is 1.70 bits per heavy atom. The fourth-order valence-corrected chi connectivity index (χ4v) is 1.94. The maximum absolute atomic E-state index is 5.43. The van der Waals surface area contributed by atoms with Gasteiger partial charge in [-0.1, -0.05) is 0 Å². The molecule has 0 aromatic heterocycles. The molecule has 1 N–H and O–H groups in total. The zero-order valence-corrected chi connectivity index (χ0v) is 7.25. The van der Waals surface area contributed by atoms with Crippen LogP contribution in [0.4, 0.5) is 0 Å². The molecule has 1 aliphatic rings. The van der Waals surface area contributed by atoms with E-state index in [-0.39, 0.29) is 0 Å².